The van der Waals surface area contributed by atoms with Crippen molar-refractivity contribution in [2.45, 2.75) is 31.7 Å². The van der Waals surface area contributed by atoms with Crippen molar-refractivity contribution in [1.29, 1.82) is 0 Å². The standard InChI is InChI=1S/C11H19N3O2/c1-13-7-10(15)14(11(13)16)6-5-8-3-2-4-9(8)12/h8-9H,2-7,12H2,1H3. The molecule has 16 heavy (non-hydrogen) atoms. The minimum Gasteiger partial charge on any atom is -0.327 e. The van der Waals surface area contributed by atoms with Crippen molar-refractivity contribution < 1.29 is 9.59 Å². The lowest BCUT2D eigenvalue weighted by Crippen LogP contribution is -2.35. The average Bonchev–Trinajstić information content (AvgIpc) is 2.72. The summed E-state index contributed by atoms with van der Waals surface area (Å²) < 4.78 is 0. The first-order chi connectivity index (χ1) is 7.59. The van der Waals surface area contributed by atoms with Crippen molar-refractivity contribution in [2.75, 3.05) is 20.1 Å². The Morgan fingerprint density at radius 2 is 2.12 bits per heavy atom. The van der Waals surface area contributed by atoms with Crippen LogP contribution in [-0.4, -0.2) is 47.9 Å². The van der Waals surface area contributed by atoms with Crippen LogP contribution in [0.5, 0.6) is 0 Å². The molecule has 0 aromatic heterocycles. The van der Waals surface area contributed by atoms with E-state index in [-0.39, 0.29) is 24.5 Å². The van der Waals surface area contributed by atoms with E-state index in [1.165, 1.54) is 16.2 Å². The van der Waals surface area contributed by atoms with Gasteiger partial charge in [0.1, 0.15) is 6.54 Å². The topological polar surface area (TPSA) is 66.6 Å². The summed E-state index contributed by atoms with van der Waals surface area (Å²) in [5, 5.41) is 0. The summed E-state index contributed by atoms with van der Waals surface area (Å²) in [6.07, 6.45) is 4.24. The Morgan fingerprint density at radius 1 is 1.38 bits per heavy atom. The third-order valence-electron chi connectivity index (χ3n) is 3.67. The molecule has 1 aliphatic carbocycles. The van der Waals surface area contributed by atoms with Crippen LogP contribution >= 0.6 is 0 Å². The molecule has 2 aliphatic rings. The molecular formula is C11H19N3O2. The van der Waals surface area contributed by atoms with Gasteiger partial charge in [0.05, 0.1) is 0 Å². The molecule has 1 heterocycles. The molecule has 0 aromatic rings. The van der Waals surface area contributed by atoms with Crippen LogP contribution in [0.1, 0.15) is 25.7 Å². The normalized spacial score (nSPS) is 30.6. The Kier molecular flexibility index (Phi) is 3.14. The summed E-state index contributed by atoms with van der Waals surface area (Å²) in [4.78, 5) is 25.9. The van der Waals surface area contributed by atoms with Gasteiger partial charge in [-0.3, -0.25) is 9.69 Å². The highest BCUT2D eigenvalue weighted by molar-refractivity contribution is 6.01. The summed E-state index contributed by atoms with van der Waals surface area (Å²) in [6, 6.07) is 0.0853. The van der Waals surface area contributed by atoms with Crippen molar-refractivity contribution in [2.24, 2.45) is 11.7 Å². The predicted molar refractivity (Wildman–Crippen MR) is 59.7 cm³/mol. The van der Waals surface area contributed by atoms with Gasteiger partial charge in [-0.15, -0.1) is 0 Å². The maximum Gasteiger partial charge on any atom is 0.326 e. The van der Waals surface area contributed by atoms with Gasteiger partial charge in [-0.05, 0) is 25.2 Å². The highest BCUT2D eigenvalue weighted by Crippen LogP contribution is 2.27. The third kappa shape index (κ3) is 2.04. The van der Waals surface area contributed by atoms with E-state index in [0.717, 1.165) is 19.3 Å². The van der Waals surface area contributed by atoms with Crippen LogP contribution in [-0.2, 0) is 4.79 Å². The van der Waals surface area contributed by atoms with Crippen LogP contribution in [0, 0.1) is 5.92 Å². The lowest BCUT2D eigenvalue weighted by molar-refractivity contribution is -0.125. The second kappa shape index (κ2) is 4.41. The highest BCUT2D eigenvalue weighted by Gasteiger charge is 2.34. The number of hydrogen-bond donors (Lipinski definition) is 1. The fraction of sp³-hybridized carbons (Fsp3) is 0.818. The van der Waals surface area contributed by atoms with E-state index in [2.05, 4.69) is 0 Å². The maximum atomic E-state index is 11.6. The zero-order valence-electron chi connectivity index (χ0n) is 9.69. The molecule has 5 nitrogen and oxygen atoms in total. The van der Waals surface area contributed by atoms with Crippen LogP contribution in [0.2, 0.25) is 0 Å². The Hall–Kier alpha value is -1.10. The number of amides is 3. The molecule has 0 bridgehead atoms. The first-order valence-electron chi connectivity index (χ1n) is 5.90. The van der Waals surface area contributed by atoms with E-state index in [9.17, 15) is 9.59 Å². The number of carbonyl (C=O) groups excluding carboxylic acids is 2. The quantitative estimate of drug-likeness (QED) is 0.707. The smallest absolute Gasteiger partial charge is 0.326 e. The van der Waals surface area contributed by atoms with Crippen molar-refractivity contribution in [3.05, 3.63) is 0 Å². The monoisotopic (exact) mass is 225 g/mol. The van der Waals surface area contributed by atoms with Crippen LogP contribution in [0.4, 0.5) is 4.79 Å². The first kappa shape index (κ1) is 11.4. The molecule has 90 valence electrons. The fourth-order valence-electron chi connectivity index (χ4n) is 2.61. The van der Waals surface area contributed by atoms with Gasteiger partial charge in [-0.25, -0.2) is 4.79 Å². The highest BCUT2D eigenvalue weighted by atomic mass is 16.2. The Bertz CT molecular complexity index is 306. The van der Waals surface area contributed by atoms with Crippen molar-refractivity contribution in [3.63, 3.8) is 0 Å². The molecule has 2 rings (SSSR count). The molecule has 5 heteroatoms. The van der Waals surface area contributed by atoms with E-state index >= 15 is 0 Å². The summed E-state index contributed by atoms with van der Waals surface area (Å²) in [5.41, 5.74) is 5.96. The molecule has 2 fully saturated rings. The van der Waals surface area contributed by atoms with Crippen LogP contribution in [0.15, 0.2) is 0 Å². The molecule has 3 amide bonds. The number of imide groups is 1. The fourth-order valence-corrected chi connectivity index (χ4v) is 2.61. The minimum atomic E-state index is -0.170. The second-order valence-electron chi connectivity index (χ2n) is 4.83. The molecule has 1 saturated carbocycles. The first-order valence-corrected chi connectivity index (χ1v) is 5.90. The summed E-state index contributed by atoms with van der Waals surface area (Å²) in [5.74, 6) is 0.394. The number of hydrogen-bond acceptors (Lipinski definition) is 3. The Morgan fingerprint density at radius 3 is 2.62 bits per heavy atom. The van der Waals surface area contributed by atoms with Crippen LogP contribution < -0.4 is 5.73 Å². The van der Waals surface area contributed by atoms with Crippen molar-refractivity contribution in [3.8, 4) is 0 Å². The zero-order valence-corrected chi connectivity index (χ0v) is 9.69. The van der Waals surface area contributed by atoms with E-state index in [1.807, 2.05) is 0 Å². The number of rotatable bonds is 3. The summed E-state index contributed by atoms with van der Waals surface area (Å²) in [7, 11) is 1.65. The van der Waals surface area contributed by atoms with Crippen LogP contribution in [0.25, 0.3) is 0 Å². The van der Waals surface area contributed by atoms with E-state index in [1.54, 1.807) is 7.05 Å². The Labute approximate surface area is 95.6 Å². The van der Waals surface area contributed by atoms with E-state index < -0.39 is 0 Å². The minimum absolute atomic E-state index is 0.0842. The SMILES string of the molecule is CN1CC(=O)N(CCC2CCCC2N)C1=O. The molecule has 0 radical (unpaired) electrons. The number of carbonyl (C=O) groups is 2. The van der Waals surface area contributed by atoms with Gasteiger partial charge in [-0.1, -0.05) is 6.42 Å². The second-order valence-corrected chi connectivity index (χ2v) is 4.83. The molecule has 1 saturated heterocycles. The van der Waals surface area contributed by atoms with Gasteiger partial charge in [0.25, 0.3) is 0 Å². The average molecular weight is 225 g/mol. The van der Waals surface area contributed by atoms with Gasteiger partial charge in [0.15, 0.2) is 0 Å². The molecule has 2 N–H and O–H groups in total. The molecule has 2 atom stereocenters. The van der Waals surface area contributed by atoms with Crippen molar-refractivity contribution in [1.82, 2.24) is 9.80 Å². The van der Waals surface area contributed by atoms with E-state index in [0.29, 0.717) is 12.5 Å². The van der Waals surface area contributed by atoms with Gasteiger partial charge in [0.2, 0.25) is 5.91 Å². The number of nitrogens with zero attached hydrogens (tertiary/aromatic N) is 2. The van der Waals surface area contributed by atoms with Crippen molar-refractivity contribution >= 4 is 11.9 Å². The number of nitrogens with two attached hydrogens (primary N) is 1. The predicted octanol–water partition coefficient (Wildman–Crippen LogP) is 0.398. The lowest BCUT2D eigenvalue weighted by atomic mass is 10.0. The molecule has 0 spiro atoms. The molecule has 1 aliphatic heterocycles. The largest absolute Gasteiger partial charge is 0.327 e. The summed E-state index contributed by atoms with van der Waals surface area (Å²) >= 11 is 0. The van der Waals surface area contributed by atoms with E-state index in [4.69, 9.17) is 5.73 Å². The number of likely N-dealkylation sites (N-methyl/N-ethyl adjacent to an activating group) is 1. The van der Waals surface area contributed by atoms with Gasteiger partial charge < -0.3 is 10.6 Å². The van der Waals surface area contributed by atoms with Gasteiger partial charge in [-0.2, -0.15) is 0 Å². The molecular weight excluding hydrogens is 206 g/mol. The molecule has 2 unspecified atom stereocenters. The molecule has 0 aromatic carbocycles. The van der Waals surface area contributed by atoms with Crippen LogP contribution in [0.3, 0.4) is 0 Å². The zero-order chi connectivity index (χ0) is 11.7. The van der Waals surface area contributed by atoms with Gasteiger partial charge >= 0.3 is 6.03 Å². The number of urea groups is 1. The lowest BCUT2D eigenvalue weighted by Gasteiger charge is -2.19. The summed E-state index contributed by atoms with van der Waals surface area (Å²) in [6.45, 7) is 0.746. The van der Waals surface area contributed by atoms with Gasteiger partial charge in [0, 0.05) is 19.6 Å². The Balaban J connectivity index is 1.86. The maximum absolute atomic E-state index is 11.6. The third-order valence-corrected chi connectivity index (χ3v) is 3.67.